The van der Waals surface area contributed by atoms with E-state index in [1.54, 1.807) is 62.6 Å². The number of rotatable bonds is 8. The SMILES string of the molecule is COc1cc(OC)cc(OCCCN(C)C(=O)c2ccccc2N)c1. The van der Waals surface area contributed by atoms with Gasteiger partial charge in [-0.2, -0.15) is 0 Å². The third kappa shape index (κ3) is 5.04. The maximum Gasteiger partial charge on any atom is 0.255 e. The Morgan fingerprint density at radius 3 is 2.24 bits per heavy atom. The molecule has 0 bridgehead atoms. The van der Waals surface area contributed by atoms with Gasteiger partial charge in [0.25, 0.3) is 5.91 Å². The second kappa shape index (κ2) is 8.82. The van der Waals surface area contributed by atoms with Crippen LogP contribution in [-0.2, 0) is 0 Å². The number of hydrogen-bond donors (Lipinski definition) is 1. The molecule has 0 aliphatic rings. The molecule has 0 fully saturated rings. The van der Waals surface area contributed by atoms with Crippen LogP contribution in [0.2, 0.25) is 0 Å². The Morgan fingerprint density at radius 1 is 1.04 bits per heavy atom. The van der Waals surface area contributed by atoms with E-state index in [1.807, 2.05) is 6.07 Å². The molecule has 0 aliphatic carbocycles. The standard InChI is InChI=1S/C19H24N2O4/c1-21(19(22)17-7-4-5-8-18(17)20)9-6-10-25-16-12-14(23-2)11-15(13-16)24-3/h4-5,7-8,11-13H,6,9-10,20H2,1-3H3. The molecule has 0 spiro atoms. The van der Waals surface area contributed by atoms with Gasteiger partial charge in [-0.1, -0.05) is 12.1 Å². The number of amides is 1. The highest BCUT2D eigenvalue weighted by molar-refractivity contribution is 5.98. The summed E-state index contributed by atoms with van der Waals surface area (Å²) in [7, 11) is 4.94. The number of nitrogens with two attached hydrogens (primary N) is 1. The van der Waals surface area contributed by atoms with Gasteiger partial charge in [-0.25, -0.2) is 0 Å². The first-order valence-electron chi connectivity index (χ1n) is 8.01. The average Bonchev–Trinajstić information content (AvgIpc) is 2.64. The maximum absolute atomic E-state index is 12.4. The molecule has 0 saturated carbocycles. The topological polar surface area (TPSA) is 74.0 Å². The molecule has 2 aromatic rings. The molecule has 0 unspecified atom stereocenters. The van der Waals surface area contributed by atoms with Crippen LogP contribution in [-0.4, -0.2) is 45.2 Å². The van der Waals surface area contributed by atoms with Crippen LogP contribution in [0.4, 0.5) is 5.69 Å². The summed E-state index contributed by atoms with van der Waals surface area (Å²) in [4.78, 5) is 14.0. The Morgan fingerprint density at radius 2 is 1.64 bits per heavy atom. The number of carbonyl (C=O) groups is 1. The molecule has 0 atom stereocenters. The van der Waals surface area contributed by atoms with E-state index < -0.39 is 0 Å². The Bertz CT molecular complexity index is 696. The van der Waals surface area contributed by atoms with Crippen molar-refractivity contribution in [1.29, 1.82) is 0 Å². The summed E-state index contributed by atoms with van der Waals surface area (Å²) in [5, 5.41) is 0. The van der Waals surface area contributed by atoms with Crippen LogP contribution < -0.4 is 19.9 Å². The van der Waals surface area contributed by atoms with Crippen molar-refractivity contribution in [3.05, 3.63) is 48.0 Å². The number of benzene rings is 2. The molecule has 2 rings (SSSR count). The fourth-order valence-electron chi connectivity index (χ4n) is 2.36. The first kappa shape index (κ1) is 18.4. The zero-order chi connectivity index (χ0) is 18.2. The monoisotopic (exact) mass is 344 g/mol. The van der Waals surface area contributed by atoms with E-state index in [4.69, 9.17) is 19.9 Å². The van der Waals surface area contributed by atoms with Crippen LogP contribution in [0.1, 0.15) is 16.8 Å². The Kier molecular flexibility index (Phi) is 6.51. The fraction of sp³-hybridized carbons (Fsp3) is 0.316. The summed E-state index contributed by atoms with van der Waals surface area (Å²) < 4.78 is 16.1. The molecule has 2 aromatic carbocycles. The van der Waals surface area contributed by atoms with E-state index in [9.17, 15) is 4.79 Å². The van der Waals surface area contributed by atoms with Gasteiger partial charge in [0.2, 0.25) is 0 Å². The van der Waals surface area contributed by atoms with Crippen LogP contribution in [0.3, 0.4) is 0 Å². The molecule has 1 amide bonds. The lowest BCUT2D eigenvalue weighted by Crippen LogP contribution is -2.29. The Labute approximate surface area is 148 Å². The van der Waals surface area contributed by atoms with E-state index in [0.717, 1.165) is 0 Å². The minimum absolute atomic E-state index is 0.0962. The van der Waals surface area contributed by atoms with E-state index >= 15 is 0 Å². The minimum atomic E-state index is -0.0962. The molecule has 134 valence electrons. The Balaban J connectivity index is 1.85. The fourth-order valence-corrected chi connectivity index (χ4v) is 2.36. The number of para-hydroxylation sites is 1. The second-order valence-electron chi connectivity index (χ2n) is 5.56. The van der Waals surface area contributed by atoms with Gasteiger partial charge in [-0.3, -0.25) is 4.79 Å². The first-order chi connectivity index (χ1) is 12.0. The molecule has 25 heavy (non-hydrogen) atoms. The molecule has 6 nitrogen and oxygen atoms in total. The van der Waals surface area contributed by atoms with E-state index in [2.05, 4.69) is 0 Å². The summed E-state index contributed by atoms with van der Waals surface area (Å²) in [5.74, 6) is 1.90. The number of anilines is 1. The zero-order valence-corrected chi connectivity index (χ0v) is 14.8. The van der Waals surface area contributed by atoms with Gasteiger partial charge in [0.15, 0.2) is 0 Å². The van der Waals surface area contributed by atoms with Gasteiger partial charge in [0, 0.05) is 37.5 Å². The quantitative estimate of drug-likeness (QED) is 0.589. The normalized spacial score (nSPS) is 10.2. The Hall–Kier alpha value is -2.89. The van der Waals surface area contributed by atoms with Gasteiger partial charge in [0.1, 0.15) is 17.2 Å². The maximum atomic E-state index is 12.4. The van der Waals surface area contributed by atoms with Gasteiger partial charge in [0.05, 0.1) is 26.4 Å². The van der Waals surface area contributed by atoms with Gasteiger partial charge in [-0.15, -0.1) is 0 Å². The van der Waals surface area contributed by atoms with Crippen molar-refractivity contribution >= 4 is 11.6 Å². The first-order valence-corrected chi connectivity index (χ1v) is 8.01. The van der Waals surface area contributed by atoms with Crippen molar-refractivity contribution in [1.82, 2.24) is 4.90 Å². The van der Waals surface area contributed by atoms with Gasteiger partial charge >= 0.3 is 0 Å². The number of carbonyl (C=O) groups excluding carboxylic acids is 1. The van der Waals surface area contributed by atoms with Crippen molar-refractivity contribution in [3.63, 3.8) is 0 Å². The van der Waals surface area contributed by atoms with Crippen LogP contribution in [0.15, 0.2) is 42.5 Å². The predicted molar refractivity (Wildman–Crippen MR) is 97.5 cm³/mol. The lowest BCUT2D eigenvalue weighted by molar-refractivity contribution is 0.0789. The third-order valence-corrected chi connectivity index (χ3v) is 3.77. The average molecular weight is 344 g/mol. The summed E-state index contributed by atoms with van der Waals surface area (Å²) in [6.45, 7) is 1.03. The van der Waals surface area contributed by atoms with Gasteiger partial charge in [-0.05, 0) is 18.6 Å². The molecule has 0 radical (unpaired) electrons. The number of nitrogens with zero attached hydrogens (tertiary/aromatic N) is 1. The summed E-state index contributed by atoms with van der Waals surface area (Å²) in [6.07, 6.45) is 0.689. The number of hydrogen-bond acceptors (Lipinski definition) is 5. The van der Waals surface area contributed by atoms with Crippen LogP contribution in [0, 0.1) is 0 Å². The van der Waals surface area contributed by atoms with Crippen molar-refractivity contribution < 1.29 is 19.0 Å². The van der Waals surface area contributed by atoms with E-state index in [-0.39, 0.29) is 5.91 Å². The largest absolute Gasteiger partial charge is 0.496 e. The number of methoxy groups -OCH3 is 2. The molecular weight excluding hydrogens is 320 g/mol. The number of nitrogen functional groups attached to an aromatic ring is 1. The molecular formula is C19H24N2O4. The van der Waals surface area contributed by atoms with Crippen LogP contribution in [0.25, 0.3) is 0 Å². The van der Waals surface area contributed by atoms with Crippen molar-refractivity contribution in [2.75, 3.05) is 40.2 Å². The van der Waals surface area contributed by atoms with Crippen molar-refractivity contribution in [2.45, 2.75) is 6.42 Å². The minimum Gasteiger partial charge on any atom is -0.496 e. The molecule has 0 aliphatic heterocycles. The van der Waals surface area contributed by atoms with Crippen molar-refractivity contribution in [2.24, 2.45) is 0 Å². The molecule has 0 aromatic heterocycles. The lowest BCUT2D eigenvalue weighted by Gasteiger charge is -2.18. The summed E-state index contributed by atoms with van der Waals surface area (Å²) >= 11 is 0. The summed E-state index contributed by atoms with van der Waals surface area (Å²) in [5.41, 5.74) is 6.85. The second-order valence-corrected chi connectivity index (χ2v) is 5.56. The molecule has 2 N–H and O–H groups in total. The zero-order valence-electron chi connectivity index (χ0n) is 14.8. The van der Waals surface area contributed by atoms with Crippen molar-refractivity contribution in [3.8, 4) is 17.2 Å². The van der Waals surface area contributed by atoms with E-state index in [1.165, 1.54) is 0 Å². The molecule has 0 saturated heterocycles. The highest BCUT2D eigenvalue weighted by atomic mass is 16.5. The predicted octanol–water partition coefficient (Wildman–Crippen LogP) is 2.83. The summed E-state index contributed by atoms with van der Waals surface area (Å²) in [6, 6.07) is 12.4. The number of ether oxygens (including phenoxy) is 3. The highest BCUT2D eigenvalue weighted by Crippen LogP contribution is 2.27. The highest BCUT2D eigenvalue weighted by Gasteiger charge is 2.13. The smallest absolute Gasteiger partial charge is 0.255 e. The van der Waals surface area contributed by atoms with Crippen LogP contribution >= 0.6 is 0 Å². The third-order valence-electron chi connectivity index (χ3n) is 3.77. The molecule has 0 heterocycles. The van der Waals surface area contributed by atoms with Gasteiger partial charge < -0.3 is 24.8 Å². The van der Waals surface area contributed by atoms with Crippen LogP contribution in [0.5, 0.6) is 17.2 Å². The lowest BCUT2D eigenvalue weighted by atomic mass is 10.1. The molecule has 6 heteroatoms. The van der Waals surface area contributed by atoms with E-state index in [0.29, 0.717) is 48.1 Å².